The zero-order valence-electron chi connectivity index (χ0n) is 11.6. The molecule has 0 radical (unpaired) electrons. The fourth-order valence-corrected chi connectivity index (χ4v) is 2.97. The van der Waals surface area contributed by atoms with Gasteiger partial charge in [0, 0.05) is 25.0 Å². The summed E-state index contributed by atoms with van der Waals surface area (Å²) in [5, 5.41) is 6.51. The first-order valence-corrected chi connectivity index (χ1v) is 7.50. The Balaban J connectivity index is 1.61. The molecule has 0 aliphatic carbocycles. The minimum Gasteiger partial charge on any atom is -0.354 e. The minimum atomic E-state index is 0.209. The van der Waals surface area contributed by atoms with Gasteiger partial charge in [0.1, 0.15) is 0 Å². The number of hydrogen-bond acceptors (Lipinski definition) is 3. The van der Waals surface area contributed by atoms with Crippen molar-refractivity contribution < 1.29 is 4.79 Å². The third-order valence-corrected chi connectivity index (χ3v) is 4.20. The highest BCUT2D eigenvalue weighted by Gasteiger charge is 2.20. The van der Waals surface area contributed by atoms with E-state index in [4.69, 9.17) is 0 Å². The molecule has 104 valence electrons. The number of amides is 1. The van der Waals surface area contributed by atoms with E-state index in [-0.39, 0.29) is 5.91 Å². The average molecular weight is 253 g/mol. The number of nitrogens with one attached hydrogen (secondary N) is 2. The molecule has 2 saturated heterocycles. The summed E-state index contributed by atoms with van der Waals surface area (Å²) >= 11 is 0. The fourth-order valence-electron chi connectivity index (χ4n) is 2.97. The molecule has 0 saturated carbocycles. The number of nitrogens with zero attached hydrogens (tertiary/aromatic N) is 1. The van der Waals surface area contributed by atoms with Gasteiger partial charge in [-0.2, -0.15) is 0 Å². The summed E-state index contributed by atoms with van der Waals surface area (Å²) in [6.45, 7) is 6.47. The van der Waals surface area contributed by atoms with Crippen LogP contribution in [0.1, 0.15) is 45.4 Å². The second-order valence-corrected chi connectivity index (χ2v) is 5.75. The summed E-state index contributed by atoms with van der Waals surface area (Å²) in [7, 11) is 0. The Hall–Kier alpha value is -0.610. The molecule has 2 atom stereocenters. The van der Waals surface area contributed by atoms with Crippen LogP contribution < -0.4 is 10.6 Å². The average Bonchev–Trinajstić information content (AvgIpc) is 2.91. The van der Waals surface area contributed by atoms with Gasteiger partial charge in [0.15, 0.2) is 0 Å². The predicted octanol–water partition coefficient (Wildman–Crippen LogP) is 1.12. The lowest BCUT2D eigenvalue weighted by Gasteiger charge is -2.25. The molecule has 4 nitrogen and oxygen atoms in total. The molecule has 1 amide bonds. The monoisotopic (exact) mass is 253 g/mol. The van der Waals surface area contributed by atoms with Crippen LogP contribution in [-0.2, 0) is 4.79 Å². The van der Waals surface area contributed by atoms with Crippen LogP contribution in [0.4, 0.5) is 0 Å². The maximum absolute atomic E-state index is 11.9. The summed E-state index contributed by atoms with van der Waals surface area (Å²) in [4.78, 5) is 14.3. The summed E-state index contributed by atoms with van der Waals surface area (Å²) < 4.78 is 0. The van der Waals surface area contributed by atoms with Crippen molar-refractivity contribution in [1.82, 2.24) is 15.5 Å². The summed E-state index contributed by atoms with van der Waals surface area (Å²) in [5.41, 5.74) is 0. The number of carbonyl (C=O) groups excluding carboxylic acids is 1. The topological polar surface area (TPSA) is 44.4 Å². The van der Waals surface area contributed by atoms with Crippen molar-refractivity contribution in [3.05, 3.63) is 0 Å². The SMILES string of the molecule is CC(CNC(=O)CC1CCCCN1)N1CCCC1. The highest BCUT2D eigenvalue weighted by Crippen LogP contribution is 2.12. The molecule has 0 aromatic heterocycles. The van der Waals surface area contributed by atoms with Crippen molar-refractivity contribution in [2.45, 2.75) is 57.5 Å². The first-order valence-electron chi connectivity index (χ1n) is 7.50. The molecule has 2 N–H and O–H groups in total. The Morgan fingerprint density at radius 3 is 2.78 bits per heavy atom. The number of piperidine rings is 1. The van der Waals surface area contributed by atoms with Gasteiger partial charge < -0.3 is 10.6 Å². The van der Waals surface area contributed by atoms with Crippen molar-refractivity contribution in [1.29, 1.82) is 0 Å². The number of likely N-dealkylation sites (tertiary alicyclic amines) is 1. The lowest BCUT2D eigenvalue weighted by atomic mass is 10.0. The molecular weight excluding hydrogens is 226 g/mol. The van der Waals surface area contributed by atoms with Crippen LogP contribution in [0.5, 0.6) is 0 Å². The van der Waals surface area contributed by atoms with E-state index >= 15 is 0 Å². The van der Waals surface area contributed by atoms with E-state index in [1.54, 1.807) is 0 Å². The van der Waals surface area contributed by atoms with Gasteiger partial charge in [-0.3, -0.25) is 9.69 Å². The van der Waals surface area contributed by atoms with Crippen molar-refractivity contribution >= 4 is 5.91 Å². The lowest BCUT2D eigenvalue weighted by molar-refractivity contribution is -0.121. The van der Waals surface area contributed by atoms with Gasteiger partial charge in [0.2, 0.25) is 5.91 Å². The van der Waals surface area contributed by atoms with Gasteiger partial charge in [-0.15, -0.1) is 0 Å². The summed E-state index contributed by atoms with van der Waals surface area (Å²) in [6.07, 6.45) is 6.93. The van der Waals surface area contributed by atoms with E-state index in [2.05, 4.69) is 22.5 Å². The molecule has 2 aliphatic heterocycles. The van der Waals surface area contributed by atoms with E-state index in [1.165, 1.54) is 38.8 Å². The molecule has 0 aromatic carbocycles. The second-order valence-electron chi connectivity index (χ2n) is 5.75. The van der Waals surface area contributed by atoms with E-state index in [0.29, 0.717) is 18.5 Å². The van der Waals surface area contributed by atoms with Crippen LogP contribution in [0.3, 0.4) is 0 Å². The van der Waals surface area contributed by atoms with Crippen LogP contribution in [0.15, 0.2) is 0 Å². The number of carbonyl (C=O) groups is 1. The van der Waals surface area contributed by atoms with Crippen molar-refractivity contribution in [2.24, 2.45) is 0 Å². The summed E-state index contributed by atoms with van der Waals surface area (Å²) in [5.74, 6) is 0.209. The van der Waals surface area contributed by atoms with E-state index < -0.39 is 0 Å². The Kier molecular flexibility index (Phi) is 5.45. The number of hydrogen-bond donors (Lipinski definition) is 2. The first-order chi connectivity index (χ1) is 8.75. The molecule has 0 spiro atoms. The van der Waals surface area contributed by atoms with Crippen LogP contribution in [0.25, 0.3) is 0 Å². The Morgan fingerprint density at radius 1 is 1.33 bits per heavy atom. The summed E-state index contributed by atoms with van der Waals surface area (Å²) in [6, 6.07) is 0.886. The molecule has 2 fully saturated rings. The van der Waals surface area contributed by atoms with Crippen molar-refractivity contribution in [3.63, 3.8) is 0 Å². The molecule has 2 rings (SSSR count). The molecule has 2 aliphatic rings. The zero-order valence-corrected chi connectivity index (χ0v) is 11.6. The lowest BCUT2D eigenvalue weighted by Crippen LogP contribution is -2.43. The van der Waals surface area contributed by atoms with E-state index in [9.17, 15) is 4.79 Å². The molecule has 2 unspecified atom stereocenters. The van der Waals surface area contributed by atoms with Crippen LogP contribution in [0.2, 0.25) is 0 Å². The second kappa shape index (κ2) is 7.10. The molecule has 18 heavy (non-hydrogen) atoms. The Bertz CT molecular complexity index is 258. The third kappa shape index (κ3) is 4.25. The molecule has 0 aromatic rings. The first kappa shape index (κ1) is 13.8. The highest BCUT2D eigenvalue weighted by molar-refractivity contribution is 5.76. The third-order valence-electron chi connectivity index (χ3n) is 4.20. The molecular formula is C14H27N3O. The fraction of sp³-hybridized carbons (Fsp3) is 0.929. The van der Waals surface area contributed by atoms with Crippen LogP contribution >= 0.6 is 0 Å². The molecule has 4 heteroatoms. The Labute approximate surface area is 110 Å². The van der Waals surface area contributed by atoms with E-state index in [0.717, 1.165) is 19.5 Å². The van der Waals surface area contributed by atoms with Gasteiger partial charge >= 0.3 is 0 Å². The maximum Gasteiger partial charge on any atom is 0.221 e. The largest absolute Gasteiger partial charge is 0.354 e. The van der Waals surface area contributed by atoms with Gasteiger partial charge in [-0.25, -0.2) is 0 Å². The van der Waals surface area contributed by atoms with Gasteiger partial charge in [0.25, 0.3) is 0 Å². The van der Waals surface area contributed by atoms with Crippen LogP contribution in [-0.4, -0.2) is 49.1 Å². The number of rotatable bonds is 5. The Morgan fingerprint density at radius 2 is 2.11 bits per heavy atom. The highest BCUT2D eigenvalue weighted by atomic mass is 16.1. The normalized spacial score (nSPS) is 27.1. The van der Waals surface area contributed by atoms with Gasteiger partial charge in [-0.1, -0.05) is 6.42 Å². The van der Waals surface area contributed by atoms with Gasteiger partial charge in [-0.05, 0) is 52.2 Å². The van der Waals surface area contributed by atoms with Crippen molar-refractivity contribution in [3.8, 4) is 0 Å². The molecule has 2 heterocycles. The van der Waals surface area contributed by atoms with Crippen LogP contribution in [0, 0.1) is 0 Å². The predicted molar refractivity (Wildman–Crippen MR) is 73.5 cm³/mol. The molecule has 0 bridgehead atoms. The zero-order chi connectivity index (χ0) is 12.8. The quantitative estimate of drug-likeness (QED) is 0.772. The minimum absolute atomic E-state index is 0.209. The smallest absolute Gasteiger partial charge is 0.221 e. The van der Waals surface area contributed by atoms with Gasteiger partial charge in [0.05, 0.1) is 0 Å². The van der Waals surface area contributed by atoms with E-state index in [1.807, 2.05) is 0 Å². The van der Waals surface area contributed by atoms with Crippen molar-refractivity contribution in [2.75, 3.05) is 26.2 Å². The standard InChI is InChI=1S/C14H27N3O/c1-12(17-8-4-5-9-17)11-16-14(18)10-13-6-2-3-7-15-13/h12-13,15H,2-11H2,1H3,(H,16,18). The maximum atomic E-state index is 11.9.